The van der Waals surface area contributed by atoms with E-state index in [1.54, 1.807) is 30.7 Å². The Bertz CT molecular complexity index is 1140. The highest BCUT2D eigenvalue weighted by Gasteiger charge is 2.33. The second-order valence-electron chi connectivity index (χ2n) is 7.83. The zero-order chi connectivity index (χ0) is 22.0. The molecular weight excluding hydrogens is 392 g/mol. The highest BCUT2D eigenvalue weighted by atomic mass is 16.5. The quantitative estimate of drug-likeness (QED) is 0.648. The van der Waals surface area contributed by atoms with Crippen LogP contribution in [0.15, 0.2) is 42.9 Å². The summed E-state index contributed by atoms with van der Waals surface area (Å²) in [6, 6.07) is 9.63. The van der Waals surface area contributed by atoms with Crippen LogP contribution >= 0.6 is 0 Å². The van der Waals surface area contributed by atoms with Crippen LogP contribution in [0.3, 0.4) is 0 Å². The third-order valence-electron chi connectivity index (χ3n) is 5.70. The van der Waals surface area contributed by atoms with Gasteiger partial charge < -0.3 is 9.64 Å². The number of hydrogen-bond donors (Lipinski definition) is 0. The number of aryl methyl sites for hydroxylation is 2. The first-order valence-electron chi connectivity index (χ1n) is 10.3. The van der Waals surface area contributed by atoms with Gasteiger partial charge >= 0.3 is 0 Å². The Kier molecular flexibility index (Phi) is 5.67. The number of rotatable bonds is 4. The highest BCUT2D eigenvalue weighted by molar-refractivity contribution is 5.98. The van der Waals surface area contributed by atoms with E-state index < -0.39 is 0 Å². The minimum atomic E-state index is -0.238. The van der Waals surface area contributed by atoms with E-state index >= 15 is 0 Å². The maximum absolute atomic E-state index is 13.6. The average molecular weight is 416 g/mol. The third-order valence-corrected chi connectivity index (χ3v) is 5.70. The summed E-state index contributed by atoms with van der Waals surface area (Å²) in [7, 11) is 0. The van der Waals surface area contributed by atoms with Crippen molar-refractivity contribution < 1.29 is 9.53 Å². The summed E-state index contributed by atoms with van der Waals surface area (Å²) in [4.78, 5) is 21.1. The number of nitriles is 1. The molecule has 0 saturated carbocycles. The molecule has 31 heavy (non-hydrogen) atoms. The Morgan fingerprint density at radius 2 is 1.90 bits per heavy atom. The van der Waals surface area contributed by atoms with Gasteiger partial charge in [-0.25, -0.2) is 4.98 Å². The van der Waals surface area contributed by atoms with Gasteiger partial charge in [-0.05, 0) is 56.9 Å². The van der Waals surface area contributed by atoms with Crippen LogP contribution < -0.4 is 4.74 Å². The number of nitrogens with zero attached hydrogens (tertiary/aromatic N) is 6. The van der Waals surface area contributed by atoms with Crippen molar-refractivity contribution in [2.75, 3.05) is 6.54 Å². The molecule has 1 aromatic carbocycles. The molecule has 0 radical (unpaired) electrons. The van der Waals surface area contributed by atoms with Crippen molar-refractivity contribution >= 4 is 5.91 Å². The molecule has 2 aromatic heterocycles. The van der Waals surface area contributed by atoms with E-state index in [4.69, 9.17) is 4.74 Å². The molecule has 1 saturated heterocycles. The molecule has 8 nitrogen and oxygen atoms in total. The molecule has 3 heterocycles. The molecule has 4 rings (SSSR count). The smallest absolute Gasteiger partial charge is 0.256 e. The predicted molar refractivity (Wildman–Crippen MR) is 114 cm³/mol. The monoisotopic (exact) mass is 416 g/mol. The van der Waals surface area contributed by atoms with E-state index in [-0.39, 0.29) is 18.1 Å². The number of hydrogen-bond acceptors (Lipinski definition) is 6. The fraction of sp³-hybridized carbons (Fsp3) is 0.348. The first-order chi connectivity index (χ1) is 15.0. The number of amides is 1. The molecule has 2 atom stereocenters. The van der Waals surface area contributed by atoms with Crippen molar-refractivity contribution in [3.63, 3.8) is 0 Å². The number of ether oxygens (including phenoxy) is 1. The molecule has 0 aliphatic carbocycles. The summed E-state index contributed by atoms with van der Waals surface area (Å²) in [6.07, 6.45) is 6.16. The van der Waals surface area contributed by atoms with Crippen LogP contribution in [0.25, 0.3) is 5.69 Å². The number of piperidine rings is 1. The van der Waals surface area contributed by atoms with Crippen molar-refractivity contribution in [1.29, 1.82) is 5.26 Å². The minimum absolute atomic E-state index is 0.0622. The maximum Gasteiger partial charge on any atom is 0.256 e. The van der Waals surface area contributed by atoms with Gasteiger partial charge in [0.15, 0.2) is 0 Å². The second-order valence-corrected chi connectivity index (χ2v) is 7.83. The van der Waals surface area contributed by atoms with Gasteiger partial charge in [0.05, 0.1) is 24.5 Å². The number of likely N-dealkylation sites (tertiary alicyclic amines) is 1. The van der Waals surface area contributed by atoms with Crippen molar-refractivity contribution in [2.45, 2.75) is 45.8 Å². The number of para-hydroxylation sites is 1. The van der Waals surface area contributed by atoms with E-state index in [1.807, 2.05) is 37.8 Å². The van der Waals surface area contributed by atoms with Gasteiger partial charge in [-0.3, -0.25) is 4.79 Å². The SMILES string of the molecule is Cc1ccnc(O[C@@H]2CC[C@@H](C)N(C(=O)c3cccc(C)c3-n3nccn3)C2)c1C#N. The molecule has 1 fully saturated rings. The molecule has 3 aromatic rings. The number of pyridine rings is 1. The van der Waals surface area contributed by atoms with Crippen LogP contribution in [0, 0.1) is 25.2 Å². The second kappa shape index (κ2) is 8.56. The van der Waals surface area contributed by atoms with Crippen LogP contribution in [0.4, 0.5) is 0 Å². The Balaban J connectivity index is 1.61. The normalized spacial score (nSPS) is 18.5. The van der Waals surface area contributed by atoms with Gasteiger partial charge in [0.2, 0.25) is 5.88 Å². The summed E-state index contributed by atoms with van der Waals surface area (Å²) in [5.41, 5.74) is 3.41. The largest absolute Gasteiger partial charge is 0.472 e. The molecule has 8 heteroatoms. The fourth-order valence-corrected chi connectivity index (χ4v) is 3.95. The molecule has 1 amide bonds. The number of carbonyl (C=O) groups is 1. The lowest BCUT2D eigenvalue weighted by Crippen LogP contribution is -2.49. The summed E-state index contributed by atoms with van der Waals surface area (Å²) in [6.45, 7) is 6.25. The van der Waals surface area contributed by atoms with Gasteiger partial charge in [0.25, 0.3) is 5.91 Å². The zero-order valence-electron chi connectivity index (χ0n) is 17.8. The lowest BCUT2D eigenvalue weighted by molar-refractivity contribution is 0.0371. The van der Waals surface area contributed by atoms with Crippen LogP contribution in [0.5, 0.6) is 5.88 Å². The first kappa shape index (κ1) is 20.5. The van der Waals surface area contributed by atoms with Crippen molar-refractivity contribution in [3.8, 4) is 17.6 Å². The molecule has 158 valence electrons. The summed E-state index contributed by atoms with van der Waals surface area (Å²) >= 11 is 0. The van der Waals surface area contributed by atoms with Crippen LogP contribution in [0.1, 0.15) is 46.8 Å². The van der Waals surface area contributed by atoms with E-state index in [0.717, 1.165) is 24.0 Å². The highest BCUT2D eigenvalue weighted by Crippen LogP contribution is 2.27. The van der Waals surface area contributed by atoms with Crippen LogP contribution in [-0.4, -0.2) is 49.5 Å². The van der Waals surface area contributed by atoms with E-state index in [2.05, 4.69) is 21.3 Å². The van der Waals surface area contributed by atoms with Gasteiger partial charge in [0, 0.05) is 12.2 Å². The average Bonchev–Trinajstić information content (AvgIpc) is 3.29. The van der Waals surface area contributed by atoms with E-state index in [1.165, 1.54) is 4.80 Å². The van der Waals surface area contributed by atoms with Crippen molar-refractivity contribution in [3.05, 3.63) is 65.1 Å². The van der Waals surface area contributed by atoms with Gasteiger partial charge in [-0.2, -0.15) is 20.3 Å². The Hall–Kier alpha value is -3.73. The molecule has 0 N–H and O–H groups in total. The van der Waals surface area contributed by atoms with Gasteiger partial charge in [0.1, 0.15) is 23.4 Å². The molecule has 1 aliphatic heterocycles. The summed E-state index contributed by atoms with van der Waals surface area (Å²) in [5, 5.41) is 17.9. The Morgan fingerprint density at radius 1 is 1.13 bits per heavy atom. The van der Waals surface area contributed by atoms with E-state index in [0.29, 0.717) is 29.2 Å². The molecule has 0 unspecified atom stereocenters. The molecule has 0 spiro atoms. The topological polar surface area (TPSA) is 96.9 Å². The van der Waals surface area contributed by atoms with Crippen LogP contribution in [0.2, 0.25) is 0 Å². The zero-order valence-corrected chi connectivity index (χ0v) is 17.8. The van der Waals surface area contributed by atoms with Crippen molar-refractivity contribution in [1.82, 2.24) is 24.9 Å². The molecular formula is C23H24N6O2. The Labute approximate surface area is 181 Å². The maximum atomic E-state index is 13.6. The number of benzene rings is 1. The van der Waals surface area contributed by atoms with Crippen molar-refractivity contribution in [2.24, 2.45) is 0 Å². The fourth-order valence-electron chi connectivity index (χ4n) is 3.95. The summed E-state index contributed by atoms with van der Waals surface area (Å²) < 4.78 is 6.09. The van der Waals surface area contributed by atoms with Gasteiger partial charge in [-0.1, -0.05) is 12.1 Å². The summed E-state index contributed by atoms with van der Waals surface area (Å²) in [5.74, 6) is 0.237. The first-order valence-corrected chi connectivity index (χ1v) is 10.3. The third kappa shape index (κ3) is 3.99. The minimum Gasteiger partial charge on any atom is -0.472 e. The van der Waals surface area contributed by atoms with E-state index in [9.17, 15) is 10.1 Å². The molecule has 0 bridgehead atoms. The molecule has 1 aliphatic rings. The standard InChI is InChI=1S/C23H24N6O2/c1-15-9-10-25-22(20(15)13-24)31-18-8-7-17(3)28(14-18)23(30)19-6-4-5-16(2)21(19)29-26-11-12-27-29/h4-6,9-12,17-18H,7-8,14H2,1-3H3/t17-,18-/m1/s1. The Morgan fingerprint density at radius 3 is 2.65 bits per heavy atom. The number of aromatic nitrogens is 4. The predicted octanol–water partition coefficient (Wildman–Crippen LogP) is 3.22. The lowest BCUT2D eigenvalue weighted by Gasteiger charge is -2.38. The van der Waals surface area contributed by atoms with Gasteiger partial charge in [-0.15, -0.1) is 0 Å². The van der Waals surface area contributed by atoms with Crippen LogP contribution in [-0.2, 0) is 0 Å². The lowest BCUT2D eigenvalue weighted by atomic mass is 9.98. The number of carbonyl (C=O) groups excluding carboxylic acids is 1.